The van der Waals surface area contributed by atoms with Gasteiger partial charge < -0.3 is 16.4 Å². The normalized spacial score (nSPS) is 15.4. The Labute approximate surface area is 125 Å². The fourth-order valence-corrected chi connectivity index (χ4v) is 2.79. The Morgan fingerprint density at radius 3 is 2.67 bits per heavy atom. The van der Waals surface area contributed by atoms with Crippen molar-refractivity contribution in [2.24, 2.45) is 11.7 Å². The van der Waals surface area contributed by atoms with Gasteiger partial charge in [-0.15, -0.1) is 0 Å². The van der Waals surface area contributed by atoms with Crippen molar-refractivity contribution in [1.29, 1.82) is 0 Å². The van der Waals surface area contributed by atoms with Gasteiger partial charge in [0.2, 0.25) is 5.91 Å². The number of amides is 3. The zero-order valence-corrected chi connectivity index (χ0v) is 12.2. The van der Waals surface area contributed by atoms with Gasteiger partial charge in [-0.25, -0.2) is 4.79 Å². The van der Waals surface area contributed by atoms with E-state index in [1.165, 1.54) is 32.1 Å². The molecule has 0 heterocycles. The summed E-state index contributed by atoms with van der Waals surface area (Å²) in [5.74, 6) is 0.244. The minimum absolute atomic E-state index is 0.243. The summed E-state index contributed by atoms with van der Waals surface area (Å²) < 4.78 is 0. The molecule has 0 unspecified atom stereocenters. The number of carbonyl (C=O) groups excluding carboxylic acids is 2. The molecule has 4 N–H and O–H groups in total. The summed E-state index contributed by atoms with van der Waals surface area (Å²) in [6, 6.07) is 6.37. The molecule has 1 aromatic carbocycles. The van der Waals surface area contributed by atoms with Crippen LogP contribution < -0.4 is 16.4 Å². The third-order valence-corrected chi connectivity index (χ3v) is 3.97. The van der Waals surface area contributed by atoms with Crippen molar-refractivity contribution in [2.45, 2.75) is 38.5 Å². The summed E-state index contributed by atoms with van der Waals surface area (Å²) in [6.45, 7) is 0.687. The topological polar surface area (TPSA) is 84.2 Å². The van der Waals surface area contributed by atoms with Crippen molar-refractivity contribution >= 4 is 17.6 Å². The van der Waals surface area contributed by atoms with Crippen molar-refractivity contribution in [3.05, 3.63) is 29.8 Å². The van der Waals surface area contributed by atoms with E-state index in [-0.39, 0.29) is 6.03 Å². The van der Waals surface area contributed by atoms with Gasteiger partial charge in [0, 0.05) is 17.8 Å². The number of urea groups is 1. The van der Waals surface area contributed by atoms with E-state index < -0.39 is 5.91 Å². The number of hydrogen-bond donors (Lipinski definition) is 3. The van der Waals surface area contributed by atoms with E-state index in [9.17, 15) is 9.59 Å². The standard InChI is InChI=1S/C16H23N3O2/c17-15(20)13-7-4-8-14(11-13)19-16(21)18-10-9-12-5-2-1-3-6-12/h4,7-8,11-12H,1-3,5-6,9-10H2,(H2,17,20)(H2,18,19,21). The smallest absolute Gasteiger partial charge is 0.319 e. The molecule has 1 saturated carbocycles. The lowest BCUT2D eigenvalue weighted by Crippen LogP contribution is -2.30. The minimum atomic E-state index is -0.503. The molecule has 21 heavy (non-hydrogen) atoms. The first-order valence-corrected chi connectivity index (χ1v) is 7.60. The molecule has 0 aliphatic heterocycles. The Bertz CT molecular complexity index is 496. The number of anilines is 1. The maximum atomic E-state index is 11.8. The SMILES string of the molecule is NC(=O)c1cccc(NC(=O)NCCC2CCCCC2)c1. The van der Waals surface area contributed by atoms with E-state index in [2.05, 4.69) is 10.6 Å². The second kappa shape index (κ2) is 7.67. The molecule has 0 radical (unpaired) electrons. The maximum Gasteiger partial charge on any atom is 0.319 e. The van der Waals surface area contributed by atoms with E-state index in [1.54, 1.807) is 24.3 Å². The van der Waals surface area contributed by atoms with Crippen molar-refractivity contribution in [3.63, 3.8) is 0 Å². The molecule has 114 valence electrons. The van der Waals surface area contributed by atoms with Crippen molar-refractivity contribution in [2.75, 3.05) is 11.9 Å². The van der Waals surface area contributed by atoms with Crippen LogP contribution >= 0.6 is 0 Å². The Balaban J connectivity index is 1.73. The Kier molecular flexibility index (Phi) is 5.60. The number of primary amides is 1. The molecule has 3 amide bonds. The predicted octanol–water partition coefficient (Wildman–Crippen LogP) is 2.88. The van der Waals surface area contributed by atoms with E-state index in [0.717, 1.165) is 12.3 Å². The number of carbonyl (C=O) groups is 2. The summed E-state index contributed by atoms with van der Waals surface area (Å²) in [7, 11) is 0. The lowest BCUT2D eigenvalue weighted by Gasteiger charge is -2.21. The third kappa shape index (κ3) is 5.10. The van der Waals surface area contributed by atoms with Gasteiger partial charge in [0.05, 0.1) is 0 Å². The Morgan fingerprint density at radius 1 is 1.19 bits per heavy atom. The summed E-state index contributed by atoms with van der Waals surface area (Å²) in [5.41, 5.74) is 6.16. The van der Waals surface area contributed by atoms with Crippen LogP contribution in [-0.2, 0) is 0 Å². The maximum absolute atomic E-state index is 11.8. The molecular weight excluding hydrogens is 266 g/mol. The summed E-state index contributed by atoms with van der Waals surface area (Å²) in [4.78, 5) is 22.9. The molecule has 5 heteroatoms. The molecule has 0 aromatic heterocycles. The first-order valence-electron chi connectivity index (χ1n) is 7.60. The van der Waals surface area contributed by atoms with Crippen LogP contribution in [0.25, 0.3) is 0 Å². The van der Waals surface area contributed by atoms with E-state index in [0.29, 0.717) is 17.8 Å². The van der Waals surface area contributed by atoms with Gasteiger partial charge in [0.1, 0.15) is 0 Å². The van der Waals surface area contributed by atoms with Gasteiger partial charge in [0.25, 0.3) is 0 Å². The number of nitrogens with two attached hydrogens (primary N) is 1. The minimum Gasteiger partial charge on any atom is -0.366 e. The Hall–Kier alpha value is -2.04. The van der Waals surface area contributed by atoms with Crippen LogP contribution in [0.5, 0.6) is 0 Å². The third-order valence-electron chi connectivity index (χ3n) is 3.97. The first kappa shape index (κ1) is 15.4. The largest absolute Gasteiger partial charge is 0.366 e. The summed E-state index contributed by atoms with van der Waals surface area (Å²) in [6.07, 6.45) is 7.58. The van der Waals surface area contributed by atoms with E-state index in [4.69, 9.17) is 5.73 Å². The van der Waals surface area contributed by atoms with Gasteiger partial charge in [-0.05, 0) is 30.5 Å². The first-order chi connectivity index (χ1) is 10.1. The van der Waals surface area contributed by atoms with Crippen LogP contribution in [0.15, 0.2) is 24.3 Å². The fraction of sp³-hybridized carbons (Fsp3) is 0.500. The van der Waals surface area contributed by atoms with Crippen molar-refractivity contribution < 1.29 is 9.59 Å². The monoisotopic (exact) mass is 289 g/mol. The summed E-state index contributed by atoms with van der Waals surface area (Å²) in [5, 5.41) is 5.58. The van der Waals surface area contributed by atoms with Gasteiger partial charge in [0.15, 0.2) is 0 Å². The Morgan fingerprint density at radius 2 is 1.95 bits per heavy atom. The molecule has 0 saturated heterocycles. The van der Waals surface area contributed by atoms with Crippen molar-refractivity contribution in [1.82, 2.24) is 5.32 Å². The average molecular weight is 289 g/mol. The van der Waals surface area contributed by atoms with Crippen LogP contribution in [0.2, 0.25) is 0 Å². The molecule has 1 aliphatic carbocycles. The van der Waals surface area contributed by atoms with Crippen LogP contribution in [0.3, 0.4) is 0 Å². The number of benzene rings is 1. The summed E-state index contributed by atoms with van der Waals surface area (Å²) >= 11 is 0. The number of rotatable bonds is 5. The fourth-order valence-electron chi connectivity index (χ4n) is 2.79. The average Bonchev–Trinajstić information content (AvgIpc) is 2.48. The van der Waals surface area contributed by atoms with Gasteiger partial charge in [-0.3, -0.25) is 4.79 Å². The molecule has 0 atom stereocenters. The predicted molar refractivity (Wildman–Crippen MR) is 83.2 cm³/mol. The van der Waals surface area contributed by atoms with Crippen molar-refractivity contribution in [3.8, 4) is 0 Å². The quantitative estimate of drug-likeness (QED) is 0.778. The lowest BCUT2D eigenvalue weighted by molar-refractivity contribution is 0.100. The second-order valence-electron chi connectivity index (χ2n) is 5.62. The molecule has 2 rings (SSSR count). The van der Waals surface area contributed by atoms with E-state index >= 15 is 0 Å². The van der Waals surface area contributed by atoms with E-state index in [1.807, 2.05) is 0 Å². The number of nitrogens with one attached hydrogen (secondary N) is 2. The van der Waals surface area contributed by atoms with Crippen LogP contribution in [0.1, 0.15) is 48.9 Å². The van der Waals surface area contributed by atoms with Gasteiger partial charge in [-0.2, -0.15) is 0 Å². The lowest BCUT2D eigenvalue weighted by atomic mass is 9.87. The molecule has 1 aromatic rings. The second-order valence-corrected chi connectivity index (χ2v) is 5.62. The molecule has 0 bridgehead atoms. The number of hydrogen-bond acceptors (Lipinski definition) is 2. The van der Waals surface area contributed by atoms with Crippen LogP contribution in [-0.4, -0.2) is 18.5 Å². The van der Waals surface area contributed by atoms with Gasteiger partial charge in [-0.1, -0.05) is 38.2 Å². The molecule has 1 aliphatic rings. The highest BCUT2D eigenvalue weighted by Crippen LogP contribution is 2.25. The highest BCUT2D eigenvalue weighted by Gasteiger charge is 2.13. The zero-order valence-electron chi connectivity index (χ0n) is 12.2. The highest BCUT2D eigenvalue weighted by atomic mass is 16.2. The molecule has 1 fully saturated rings. The van der Waals surface area contributed by atoms with Gasteiger partial charge >= 0.3 is 6.03 Å². The van der Waals surface area contributed by atoms with Crippen LogP contribution in [0.4, 0.5) is 10.5 Å². The highest BCUT2D eigenvalue weighted by molar-refractivity contribution is 5.95. The molecule has 0 spiro atoms. The molecule has 5 nitrogen and oxygen atoms in total. The zero-order chi connectivity index (χ0) is 15.1. The molecular formula is C16H23N3O2. The van der Waals surface area contributed by atoms with Crippen LogP contribution in [0, 0.1) is 5.92 Å².